The Morgan fingerprint density at radius 2 is 2.30 bits per heavy atom. The fourth-order valence-corrected chi connectivity index (χ4v) is 4.03. The molecule has 1 aromatic rings. The van der Waals surface area contributed by atoms with E-state index in [1.807, 2.05) is 6.07 Å². The first-order chi connectivity index (χ1) is 9.62. The Bertz CT molecular complexity index is 622. The average molecular weight is 357 g/mol. The second-order valence-corrected chi connectivity index (χ2v) is 7.07. The molecule has 0 saturated heterocycles. The summed E-state index contributed by atoms with van der Waals surface area (Å²) < 4.78 is 25.0. The molecule has 0 saturated carbocycles. The van der Waals surface area contributed by atoms with Crippen molar-refractivity contribution in [3.63, 3.8) is 0 Å². The van der Waals surface area contributed by atoms with E-state index in [2.05, 4.69) is 50.3 Å². The van der Waals surface area contributed by atoms with E-state index < -0.39 is 10.9 Å². The van der Waals surface area contributed by atoms with Gasteiger partial charge in [-0.15, -0.1) is 0 Å². The maximum Gasteiger partial charge on any atom is 0.201 e. The zero-order chi connectivity index (χ0) is 14.2. The molecule has 20 heavy (non-hydrogen) atoms. The van der Waals surface area contributed by atoms with Gasteiger partial charge in [-0.05, 0) is 43.0 Å². The lowest BCUT2D eigenvalue weighted by Crippen LogP contribution is -2.41. The molecule has 6 heteroatoms. The summed E-state index contributed by atoms with van der Waals surface area (Å²) in [5.74, 6) is 0. The Morgan fingerprint density at radius 1 is 1.45 bits per heavy atom. The standard InChI is InChI=1S/C14H17BrN2O2S/c15-10-4-5-12-11(9-10)14(7-8-16-20(18)19)6-2-1-3-13(14)17-12/h2,4-6,9,13,17,20H,1,3,7-8H2,(H,16,18,19). The van der Waals surface area contributed by atoms with E-state index in [0.717, 1.165) is 29.4 Å². The number of benzene rings is 1. The second kappa shape index (κ2) is 5.50. The minimum atomic E-state index is -2.53. The summed E-state index contributed by atoms with van der Waals surface area (Å²) in [6.45, 7) is 0.465. The van der Waals surface area contributed by atoms with Gasteiger partial charge >= 0.3 is 0 Å². The van der Waals surface area contributed by atoms with Gasteiger partial charge in [0.1, 0.15) is 0 Å². The molecule has 1 aliphatic heterocycles. The van der Waals surface area contributed by atoms with Crippen LogP contribution in [0.2, 0.25) is 0 Å². The highest BCUT2D eigenvalue weighted by atomic mass is 79.9. The molecule has 1 heterocycles. The summed E-state index contributed by atoms with van der Waals surface area (Å²) >= 11 is 3.53. The van der Waals surface area contributed by atoms with Crippen LogP contribution in [0.5, 0.6) is 0 Å². The van der Waals surface area contributed by atoms with Crippen molar-refractivity contribution >= 4 is 32.5 Å². The topological polar surface area (TPSA) is 58.2 Å². The van der Waals surface area contributed by atoms with Crippen LogP contribution in [0, 0.1) is 0 Å². The number of halogens is 1. The lowest BCUT2D eigenvalue weighted by Gasteiger charge is -2.36. The van der Waals surface area contributed by atoms with Crippen molar-refractivity contribution in [2.75, 3.05) is 11.9 Å². The smallest absolute Gasteiger partial charge is 0.201 e. The van der Waals surface area contributed by atoms with Crippen LogP contribution in [0.1, 0.15) is 24.8 Å². The van der Waals surface area contributed by atoms with Gasteiger partial charge in [-0.25, -0.2) is 13.1 Å². The summed E-state index contributed by atoms with van der Waals surface area (Å²) in [5, 5.41) is 3.59. The fraction of sp³-hybridized carbons (Fsp3) is 0.429. The molecule has 1 aromatic carbocycles. The number of hydrogen-bond donors (Lipinski definition) is 3. The maximum absolute atomic E-state index is 10.7. The SMILES string of the molecule is O=[SH](=O)NCCC12C=CCCC1Nc1ccc(Br)cc12. The number of hydrogen-bond acceptors (Lipinski definition) is 3. The molecule has 1 aliphatic carbocycles. The summed E-state index contributed by atoms with van der Waals surface area (Å²) in [4.78, 5) is 0. The van der Waals surface area contributed by atoms with Crippen molar-refractivity contribution in [3.8, 4) is 0 Å². The number of anilines is 1. The molecule has 2 aliphatic rings. The van der Waals surface area contributed by atoms with Crippen LogP contribution in [0.25, 0.3) is 0 Å². The van der Waals surface area contributed by atoms with Gasteiger partial charge in [0.25, 0.3) is 0 Å². The van der Waals surface area contributed by atoms with Gasteiger partial charge in [0.2, 0.25) is 10.9 Å². The molecule has 0 aromatic heterocycles. The lowest BCUT2D eigenvalue weighted by atomic mass is 9.70. The molecule has 0 amide bonds. The van der Waals surface area contributed by atoms with Gasteiger partial charge < -0.3 is 5.32 Å². The quantitative estimate of drug-likeness (QED) is 0.573. The second-order valence-electron chi connectivity index (χ2n) is 5.32. The Labute approximate surface area is 128 Å². The lowest BCUT2D eigenvalue weighted by molar-refractivity contribution is 0.404. The Balaban J connectivity index is 1.97. The van der Waals surface area contributed by atoms with Crippen molar-refractivity contribution < 1.29 is 8.42 Å². The van der Waals surface area contributed by atoms with Crippen LogP contribution in [-0.4, -0.2) is 21.0 Å². The van der Waals surface area contributed by atoms with E-state index in [9.17, 15) is 8.42 Å². The largest absolute Gasteiger partial charge is 0.381 e. The van der Waals surface area contributed by atoms with E-state index >= 15 is 0 Å². The summed E-state index contributed by atoms with van der Waals surface area (Å²) in [5.41, 5.74) is 2.32. The number of rotatable bonds is 4. The third kappa shape index (κ3) is 2.40. The number of fused-ring (bicyclic) bond motifs is 3. The predicted molar refractivity (Wildman–Crippen MR) is 84.5 cm³/mol. The van der Waals surface area contributed by atoms with E-state index in [1.54, 1.807) is 0 Å². The zero-order valence-corrected chi connectivity index (χ0v) is 13.4. The summed E-state index contributed by atoms with van der Waals surface area (Å²) in [7, 11) is -2.53. The Morgan fingerprint density at radius 3 is 3.10 bits per heavy atom. The first kappa shape index (κ1) is 14.1. The van der Waals surface area contributed by atoms with Crippen LogP contribution in [-0.2, 0) is 16.3 Å². The van der Waals surface area contributed by atoms with Crippen LogP contribution < -0.4 is 10.0 Å². The first-order valence-corrected chi connectivity index (χ1v) is 8.71. The van der Waals surface area contributed by atoms with Crippen molar-refractivity contribution in [1.82, 2.24) is 4.72 Å². The Kier molecular flexibility index (Phi) is 3.88. The third-order valence-corrected chi connectivity index (χ3v) is 5.23. The third-order valence-electron chi connectivity index (χ3n) is 4.25. The predicted octanol–water partition coefficient (Wildman–Crippen LogP) is 2.34. The minimum absolute atomic E-state index is 0.101. The number of thiol groups is 1. The molecule has 0 bridgehead atoms. The molecule has 0 spiro atoms. The molecule has 2 N–H and O–H groups in total. The van der Waals surface area contributed by atoms with E-state index in [1.165, 1.54) is 5.56 Å². The molecule has 0 fully saturated rings. The fourth-order valence-electron chi connectivity index (χ4n) is 3.37. The van der Waals surface area contributed by atoms with E-state index in [-0.39, 0.29) is 5.41 Å². The van der Waals surface area contributed by atoms with E-state index in [4.69, 9.17) is 0 Å². The molecule has 2 unspecified atom stereocenters. The first-order valence-electron chi connectivity index (χ1n) is 6.74. The molecule has 4 nitrogen and oxygen atoms in total. The van der Waals surface area contributed by atoms with Gasteiger partial charge in [-0.2, -0.15) is 0 Å². The summed E-state index contributed by atoms with van der Waals surface area (Å²) in [6, 6.07) is 6.63. The highest BCUT2D eigenvalue weighted by molar-refractivity contribution is 9.10. The van der Waals surface area contributed by atoms with E-state index in [0.29, 0.717) is 12.6 Å². The average Bonchev–Trinajstić information content (AvgIpc) is 2.73. The normalized spacial score (nSPS) is 27.2. The highest BCUT2D eigenvalue weighted by Crippen LogP contribution is 2.48. The molecule has 0 radical (unpaired) electrons. The van der Waals surface area contributed by atoms with Crippen molar-refractivity contribution in [1.29, 1.82) is 0 Å². The van der Waals surface area contributed by atoms with Gasteiger partial charge in [-0.1, -0.05) is 28.1 Å². The monoisotopic (exact) mass is 356 g/mol. The number of allylic oxidation sites excluding steroid dienone is 1. The zero-order valence-electron chi connectivity index (χ0n) is 10.9. The summed E-state index contributed by atoms with van der Waals surface area (Å²) in [6.07, 6.45) is 7.38. The molecule has 3 rings (SSSR count). The van der Waals surface area contributed by atoms with Crippen molar-refractivity contribution in [2.45, 2.75) is 30.7 Å². The minimum Gasteiger partial charge on any atom is -0.381 e. The highest BCUT2D eigenvalue weighted by Gasteiger charge is 2.45. The van der Waals surface area contributed by atoms with Gasteiger partial charge in [0, 0.05) is 28.2 Å². The maximum atomic E-state index is 10.7. The van der Waals surface area contributed by atoms with Gasteiger partial charge in [-0.3, -0.25) is 0 Å². The molecule has 108 valence electrons. The van der Waals surface area contributed by atoms with Crippen molar-refractivity contribution in [2.24, 2.45) is 0 Å². The van der Waals surface area contributed by atoms with Crippen LogP contribution in [0.4, 0.5) is 5.69 Å². The molecule has 2 atom stereocenters. The molecular formula is C14H17BrN2O2S. The number of nitrogens with one attached hydrogen (secondary N) is 2. The van der Waals surface area contributed by atoms with Crippen LogP contribution in [0.15, 0.2) is 34.8 Å². The van der Waals surface area contributed by atoms with Gasteiger partial charge in [0.15, 0.2) is 0 Å². The molecular weight excluding hydrogens is 340 g/mol. The van der Waals surface area contributed by atoms with Gasteiger partial charge in [0.05, 0.1) is 0 Å². The van der Waals surface area contributed by atoms with Crippen molar-refractivity contribution in [3.05, 3.63) is 40.4 Å². The van der Waals surface area contributed by atoms with Crippen LogP contribution in [0.3, 0.4) is 0 Å². The Hall–Kier alpha value is -0.850. The van der Waals surface area contributed by atoms with Crippen LogP contribution >= 0.6 is 15.9 Å².